The van der Waals surface area contributed by atoms with Gasteiger partial charge in [-0.3, -0.25) is 4.79 Å². The molecule has 2 atom stereocenters. The molecule has 1 aliphatic rings. The molecule has 0 radical (unpaired) electrons. The fourth-order valence-electron chi connectivity index (χ4n) is 3.04. The molecular weight excluding hydrogens is 302 g/mol. The van der Waals surface area contributed by atoms with Crippen molar-refractivity contribution in [3.63, 3.8) is 0 Å². The third kappa shape index (κ3) is 4.71. The first-order valence-corrected chi connectivity index (χ1v) is 9.06. The van der Waals surface area contributed by atoms with Crippen LogP contribution in [0.2, 0.25) is 0 Å². The van der Waals surface area contributed by atoms with Crippen molar-refractivity contribution in [2.24, 2.45) is 0 Å². The lowest BCUT2D eigenvalue weighted by Crippen LogP contribution is -2.57. The minimum Gasteiger partial charge on any atom is -0.492 e. The van der Waals surface area contributed by atoms with Crippen LogP contribution >= 0.6 is 0 Å². The van der Waals surface area contributed by atoms with Gasteiger partial charge in [0, 0.05) is 37.3 Å². The normalized spacial score (nSPS) is 21.1. The van der Waals surface area contributed by atoms with Crippen LogP contribution in [0.4, 0.5) is 0 Å². The van der Waals surface area contributed by atoms with Gasteiger partial charge in [0.05, 0.1) is 0 Å². The van der Waals surface area contributed by atoms with Gasteiger partial charge >= 0.3 is 0 Å². The Morgan fingerprint density at radius 1 is 1.25 bits per heavy atom. The van der Waals surface area contributed by atoms with Gasteiger partial charge in [-0.25, -0.2) is 0 Å². The molecule has 1 saturated heterocycles. The maximum absolute atomic E-state index is 12.7. The Labute approximate surface area is 146 Å². The van der Waals surface area contributed by atoms with Crippen molar-refractivity contribution in [1.29, 1.82) is 0 Å². The summed E-state index contributed by atoms with van der Waals surface area (Å²) in [5, 5.41) is 3.40. The lowest BCUT2D eigenvalue weighted by molar-refractivity contribution is 0.0603. The van der Waals surface area contributed by atoms with Gasteiger partial charge in [-0.1, -0.05) is 13.8 Å². The minimum absolute atomic E-state index is 0.102. The van der Waals surface area contributed by atoms with E-state index < -0.39 is 0 Å². The number of hydrogen-bond donors (Lipinski definition) is 1. The van der Waals surface area contributed by atoms with E-state index in [1.807, 2.05) is 29.2 Å². The minimum atomic E-state index is 0.102. The molecule has 5 heteroatoms. The Morgan fingerprint density at radius 3 is 2.54 bits per heavy atom. The summed E-state index contributed by atoms with van der Waals surface area (Å²) in [6.45, 7) is 13.8. The second-order valence-electron chi connectivity index (χ2n) is 6.38. The van der Waals surface area contributed by atoms with Crippen molar-refractivity contribution < 1.29 is 9.53 Å². The number of likely N-dealkylation sites (N-methyl/N-ethyl adjacent to an activating group) is 1. The molecule has 24 heavy (non-hydrogen) atoms. The number of ether oxygens (including phenoxy) is 1. The largest absolute Gasteiger partial charge is 0.492 e. The molecule has 2 rings (SSSR count). The van der Waals surface area contributed by atoms with Gasteiger partial charge in [-0.05, 0) is 51.2 Å². The Balaban J connectivity index is 1.90. The standard InChI is InChI=1S/C19H31N3O2/c1-5-21(6-2)13-14-24-18-9-7-17(8-10-18)19(23)22-12-11-20-15(3)16(22)4/h7-10,15-16,20H,5-6,11-14H2,1-4H3. The number of carbonyl (C=O) groups excluding carboxylic acids is 1. The molecule has 0 spiro atoms. The highest BCUT2D eigenvalue weighted by atomic mass is 16.5. The van der Waals surface area contributed by atoms with Crippen molar-refractivity contribution in [2.75, 3.05) is 39.3 Å². The van der Waals surface area contributed by atoms with Gasteiger partial charge in [0.1, 0.15) is 12.4 Å². The van der Waals surface area contributed by atoms with Crippen LogP contribution in [0, 0.1) is 0 Å². The molecule has 1 amide bonds. The molecule has 134 valence electrons. The zero-order chi connectivity index (χ0) is 17.5. The molecule has 0 aromatic heterocycles. The first-order chi connectivity index (χ1) is 11.6. The SMILES string of the molecule is CCN(CC)CCOc1ccc(C(=O)N2CCNC(C)C2C)cc1. The molecule has 0 bridgehead atoms. The Morgan fingerprint density at radius 2 is 1.92 bits per heavy atom. The van der Waals surface area contributed by atoms with Crippen LogP contribution in [0.5, 0.6) is 5.75 Å². The zero-order valence-corrected chi connectivity index (χ0v) is 15.4. The topological polar surface area (TPSA) is 44.8 Å². The summed E-state index contributed by atoms with van der Waals surface area (Å²) in [6, 6.07) is 8.06. The van der Waals surface area contributed by atoms with Crippen LogP contribution in [0.3, 0.4) is 0 Å². The highest BCUT2D eigenvalue weighted by Gasteiger charge is 2.28. The molecule has 1 aromatic carbocycles. The number of hydrogen-bond acceptors (Lipinski definition) is 4. The van der Waals surface area contributed by atoms with Crippen molar-refractivity contribution in [1.82, 2.24) is 15.1 Å². The number of benzene rings is 1. The molecule has 0 aliphatic carbocycles. The molecule has 0 saturated carbocycles. The van der Waals surface area contributed by atoms with E-state index in [2.05, 4.69) is 37.9 Å². The van der Waals surface area contributed by atoms with E-state index in [9.17, 15) is 4.79 Å². The van der Waals surface area contributed by atoms with Gasteiger partial charge in [0.15, 0.2) is 0 Å². The molecular formula is C19H31N3O2. The van der Waals surface area contributed by atoms with Crippen LogP contribution in [-0.4, -0.2) is 67.1 Å². The third-order valence-electron chi connectivity index (χ3n) is 4.97. The predicted octanol–water partition coefficient (Wildman–Crippen LogP) is 2.23. The third-order valence-corrected chi connectivity index (χ3v) is 4.97. The Hall–Kier alpha value is -1.59. The van der Waals surface area contributed by atoms with E-state index >= 15 is 0 Å². The lowest BCUT2D eigenvalue weighted by Gasteiger charge is -2.38. The number of nitrogens with one attached hydrogen (secondary N) is 1. The van der Waals surface area contributed by atoms with Crippen molar-refractivity contribution >= 4 is 5.91 Å². The van der Waals surface area contributed by atoms with E-state index in [1.54, 1.807) is 0 Å². The number of nitrogens with zero attached hydrogens (tertiary/aromatic N) is 2. The number of amides is 1. The average molecular weight is 333 g/mol. The molecule has 1 fully saturated rings. The second kappa shape index (κ2) is 9.04. The molecule has 5 nitrogen and oxygen atoms in total. The maximum Gasteiger partial charge on any atom is 0.254 e. The summed E-state index contributed by atoms with van der Waals surface area (Å²) >= 11 is 0. The van der Waals surface area contributed by atoms with Crippen molar-refractivity contribution in [3.8, 4) is 5.75 Å². The smallest absolute Gasteiger partial charge is 0.254 e. The maximum atomic E-state index is 12.7. The monoisotopic (exact) mass is 333 g/mol. The second-order valence-corrected chi connectivity index (χ2v) is 6.38. The summed E-state index contributed by atoms with van der Waals surface area (Å²) in [7, 11) is 0. The fraction of sp³-hybridized carbons (Fsp3) is 0.632. The highest BCUT2D eigenvalue weighted by Crippen LogP contribution is 2.17. The van der Waals surface area contributed by atoms with E-state index in [4.69, 9.17) is 4.74 Å². The molecule has 1 aliphatic heterocycles. The van der Waals surface area contributed by atoms with Crippen LogP contribution in [0.1, 0.15) is 38.1 Å². The van der Waals surface area contributed by atoms with Gasteiger partial charge in [0.2, 0.25) is 0 Å². The van der Waals surface area contributed by atoms with Crippen molar-refractivity contribution in [2.45, 2.75) is 39.8 Å². The van der Waals surface area contributed by atoms with E-state index in [-0.39, 0.29) is 11.9 Å². The van der Waals surface area contributed by atoms with Crippen molar-refractivity contribution in [3.05, 3.63) is 29.8 Å². The summed E-state index contributed by atoms with van der Waals surface area (Å²) in [5.41, 5.74) is 0.729. The predicted molar refractivity (Wildman–Crippen MR) is 97.7 cm³/mol. The van der Waals surface area contributed by atoms with Crippen LogP contribution in [0.15, 0.2) is 24.3 Å². The summed E-state index contributed by atoms with van der Waals surface area (Å²) in [6.07, 6.45) is 0. The van der Waals surface area contributed by atoms with E-state index in [0.717, 1.165) is 44.0 Å². The summed E-state index contributed by atoms with van der Waals surface area (Å²) < 4.78 is 5.78. The number of rotatable bonds is 7. The molecule has 1 heterocycles. The summed E-state index contributed by atoms with van der Waals surface area (Å²) in [4.78, 5) is 17.0. The molecule has 2 unspecified atom stereocenters. The van der Waals surface area contributed by atoms with Crippen LogP contribution in [0.25, 0.3) is 0 Å². The van der Waals surface area contributed by atoms with Gasteiger partial charge in [-0.2, -0.15) is 0 Å². The van der Waals surface area contributed by atoms with Crippen LogP contribution in [-0.2, 0) is 0 Å². The zero-order valence-electron chi connectivity index (χ0n) is 15.4. The van der Waals surface area contributed by atoms with E-state index in [1.165, 1.54) is 0 Å². The van der Waals surface area contributed by atoms with Crippen LogP contribution < -0.4 is 10.1 Å². The lowest BCUT2D eigenvalue weighted by atomic mass is 10.1. The average Bonchev–Trinajstić information content (AvgIpc) is 2.61. The quantitative estimate of drug-likeness (QED) is 0.831. The van der Waals surface area contributed by atoms with Gasteiger partial charge in [-0.15, -0.1) is 0 Å². The molecule has 1 aromatic rings. The Kier molecular flexibility index (Phi) is 7.06. The molecule has 1 N–H and O–H groups in total. The first kappa shape index (κ1) is 18.7. The van der Waals surface area contributed by atoms with Gasteiger partial charge < -0.3 is 19.9 Å². The van der Waals surface area contributed by atoms with E-state index in [0.29, 0.717) is 12.6 Å². The fourth-order valence-corrected chi connectivity index (χ4v) is 3.04. The van der Waals surface area contributed by atoms with Gasteiger partial charge in [0.25, 0.3) is 5.91 Å². The number of piperazine rings is 1. The Bertz CT molecular complexity index is 514. The first-order valence-electron chi connectivity index (χ1n) is 9.06. The summed E-state index contributed by atoms with van der Waals surface area (Å²) in [5.74, 6) is 0.922. The highest BCUT2D eigenvalue weighted by molar-refractivity contribution is 5.94. The number of carbonyl (C=O) groups is 1.